The van der Waals surface area contributed by atoms with Crippen LogP contribution in [0.15, 0.2) is 53.6 Å². The Labute approximate surface area is 148 Å². The summed E-state index contributed by atoms with van der Waals surface area (Å²) in [6, 6.07) is 12.6. The largest absolute Gasteiger partial charge is 0.343 e. The number of sulfone groups is 1. The van der Waals surface area contributed by atoms with Crippen molar-refractivity contribution in [2.24, 2.45) is 5.92 Å². The third kappa shape index (κ3) is 4.25. The number of rotatable bonds is 4. The summed E-state index contributed by atoms with van der Waals surface area (Å²) in [5, 5.41) is 0. The van der Waals surface area contributed by atoms with Gasteiger partial charge in [-0.1, -0.05) is 18.2 Å². The van der Waals surface area contributed by atoms with E-state index in [4.69, 9.17) is 0 Å². The van der Waals surface area contributed by atoms with Crippen LogP contribution in [0.2, 0.25) is 0 Å². The van der Waals surface area contributed by atoms with Crippen LogP contribution >= 0.6 is 0 Å². The molecule has 132 valence electrons. The Morgan fingerprint density at radius 2 is 1.80 bits per heavy atom. The zero-order valence-corrected chi connectivity index (χ0v) is 15.1. The first-order valence-corrected chi connectivity index (χ1v) is 10.1. The zero-order chi connectivity index (χ0) is 17.9. The van der Waals surface area contributed by atoms with Gasteiger partial charge < -0.3 is 4.90 Å². The quantitative estimate of drug-likeness (QED) is 0.843. The molecule has 0 spiro atoms. The van der Waals surface area contributed by atoms with E-state index in [1.807, 2.05) is 18.2 Å². The number of carbonyl (C=O) groups excluding carboxylic acids is 1. The van der Waals surface area contributed by atoms with Gasteiger partial charge in [0.05, 0.1) is 16.3 Å². The van der Waals surface area contributed by atoms with Crippen molar-refractivity contribution < 1.29 is 13.2 Å². The lowest BCUT2D eigenvalue weighted by Gasteiger charge is -2.31. The molecule has 1 aliphatic rings. The average molecular weight is 358 g/mol. The highest BCUT2D eigenvalue weighted by Gasteiger charge is 2.26. The van der Waals surface area contributed by atoms with E-state index in [9.17, 15) is 13.2 Å². The molecule has 0 unspecified atom stereocenters. The standard InChI is InChI=1S/C19H22N2O3S/c1-15(22)21-12-9-16(10-13-21)14-25(23,24)18-7-5-17(6-8-18)19-4-2-3-11-20-19/h2-8,11,16H,9-10,12-14H2,1H3. The lowest BCUT2D eigenvalue weighted by molar-refractivity contribution is -0.130. The number of benzene rings is 1. The van der Waals surface area contributed by atoms with Crippen LogP contribution in [-0.2, 0) is 14.6 Å². The topological polar surface area (TPSA) is 67.3 Å². The first-order chi connectivity index (χ1) is 12.0. The summed E-state index contributed by atoms with van der Waals surface area (Å²) in [5.74, 6) is 0.310. The van der Waals surface area contributed by atoms with Crippen LogP contribution in [-0.4, -0.2) is 43.1 Å². The molecule has 25 heavy (non-hydrogen) atoms. The first-order valence-electron chi connectivity index (χ1n) is 8.45. The fourth-order valence-electron chi connectivity index (χ4n) is 3.19. The lowest BCUT2D eigenvalue weighted by atomic mass is 9.99. The van der Waals surface area contributed by atoms with E-state index in [1.54, 1.807) is 42.3 Å². The Hall–Kier alpha value is -2.21. The predicted molar refractivity (Wildman–Crippen MR) is 96.7 cm³/mol. The van der Waals surface area contributed by atoms with E-state index in [1.165, 1.54) is 0 Å². The van der Waals surface area contributed by atoms with E-state index in [0.29, 0.717) is 18.0 Å². The smallest absolute Gasteiger partial charge is 0.219 e. The van der Waals surface area contributed by atoms with Crippen molar-refractivity contribution in [1.82, 2.24) is 9.88 Å². The number of aromatic nitrogens is 1. The summed E-state index contributed by atoms with van der Waals surface area (Å²) >= 11 is 0. The summed E-state index contributed by atoms with van der Waals surface area (Å²) < 4.78 is 25.3. The summed E-state index contributed by atoms with van der Waals surface area (Å²) in [6.07, 6.45) is 3.20. The minimum atomic E-state index is -3.32. The van der Waals surface area contributed by atoms with Gasteiger partial charge in [0, 0.05) is 31.8 Å². The molecule has 0 saturated carbocycles. The second-order valence-corrected chi connectivity index (χ2v) is 8.50. The van der Waals surface area contributed by atoms with E-state index >= 15 is 0 Å². The maximum atomic E-state index is 12.7. The van der Waals surface area contributed by atoms with Crippen LogP contribution in [0.25, 0.3) is 11.3 Å². The van der Waals surface area contributed by atoms with E-state index in [-0.39, 0.29) is 17.6 Å². The number of hydrogen-bond acceptors (Lipinski definition) is 4. The zero-order valence-electron chi connectivity index (χ0n) is 14.3. The number of piperidine rings is 1. The van der Waals surface area contributed by atoms with Gasteiger partial charge in [-0.05, 0) is 43.0 Å². The van der Waals surface area contributed by atoms with Gasteiger partial charge in [-0.3, -0.25) is 9.78 Å². The van der Waals surface area contributed by atoms with Gasteiger partial charge in [0.1, 0.15) is 0 Å². The molecule has 2 aromatic rings. The highest BCUT2D eigenvalue weighted by atomic mass is 32.2. The van der Waals surface area contributed by atoms with Crippen molar-refractivity contribution in [2.75, 3.05) is 18.8 Å². The Kier molecular flexibility index (Phi) is 5.18. The maximum absolute atomic E-state index is 12.7. The molecular formula is C19H22N2O3S. The first kappa shape index (κ1) is 17.6. The number of amides is 1. The molecule has 0 atom stereocenters. The van der Waals surface area contributed by atoms with Gasteiger partial charge in [-0.15, -0.1) is 0 Å². The van der Waals surface area contributed by atoms with Gasteiger partial charge in [0.15, 0.2) is 9.84 Å². The normalized spacial score (nSPS) is 16.0. The maximum Gasteiger partial charge on any atom is 0.219 e. The molecule has 6 heteroatoms. The van der Waals surface area contributed by atoms with Crippen LogP contribution in [0, 0.1) is 5.92 Å². The molecule has 3 rings (SSSR count). The fraction of sp³-hybridized carbons (Fsp3) is 0.368. The van der Waals surface area contributed by atoms with E-state index < -0.39 is 9.84 Å². The van der Waals surface area contributed by atoms with Crippen LogP contribution in [0.3, 0.4) is 0 Å². The second kappa shape index (κ2) is 7.35. The van der Waals surface area contributed by atoms with Crippen molar-refractivity contribution in [2.45, 2.75) is 24.7 Å². The highest BCUT2D eigenvalue weighted by molar-refractivity contribution is 7.91. The molecule has 0 N–H and O–H groups in total. The van der Waals surface area contributed by atoms with Crippen LogP contribution < -0.4 is 0 Å². The van der Waals surface area contributed by atoms with Gasteiger partial charge >= 0.3 is 0 Å². The Morgan fingerprint density at radius 1 is 1.12 bits per heavy atom. The molecule has 5 nitrogen and oxygen atoms in total. The Morgan fingerprint density at radius 3 is 2.36 bits per heavy atom. The van der Waals surface area contributed by atoms with Crippen molar-refractivity contribution in [1.29, 1.82) is 0 Å². The highest BCUT2D eigenvalue weighted by Crippen LogP contribution is 2.24. The molecule has 1 aromatic carbocycles. The van der Waals surface area contributed by atoms with E-state index in [0.717, 1.165) is 24.1 Å². The monoisotopic (exact) mass is 358 g/mol. The molecular weight excluding hydrogens is 336 g/mol. The summed E-state index contributed by atoms with van der Waals surface area (Å²) in [4.78, 5) is 17.8. The number of pyridine rings is 1. The van der Waals surface area contributed by atoms with Gasteiger partial charge in [0.2, 0.25) is 5.91 Å². The SMILES string of the molecule is CC(=O)N1CCC(CS(=O)(=O)c2ccc(-c3ccccn3)cc2)CC1. The Bertz CT molecular complexity index is 825. The number of hydrogen-bond donors (Lipinski definition) is 0. The third-order valence-corrected chi connectivity index (χ3v) is 6.59. The minimum absolute atomic E-state index is 0.0615. The summed E-state index contributed by atoms with van der Waals surface area (Å²) in [5.41, 5.74) is 1.72. The van der Waals surface area contributed by atoms with Crippen molar-refractivity contribution >= 4 is 15.7 Å². The molecule has 1 fully saturated rings. The van der Waals surface area contributed by atoms with Crippen molar-refractivity contribution in [3.05, 3.63) is 48.7 Å². The minimum Gasteiger partial charge on any atom is -0.343 e. The molecule has 1 amide bonds. The second-order valence-electron chi connectivity index (χ2n) is 6.47. The number of carbonyl (C=O) groups is 1. The van der Waals surface area contributed by atoms with Gasteiger partial charge in [-0.25, -0.2) is 8.42 Å². The fourth-order valence-corrected chi connectivity index (χ4v) is 4.88. The predicted octanol–water partition coefficient (Wildman–Crippen LogP) is 2.78. The van der Waals surface area contributed by atoms with Crippen LogP contribution in [0.5, 0.6) is 0 Å². The van der Waals surface area contributed by atoms with Crippen LogP contribution in [0.1, 0.15) is 19.8 Å². The number of nitrogens with zero attached hydrogens (tertiary/aromatic N) is 2. The Balaban J connectivity index is 1.67. The van der Waals surface area contributed by atoms with Gasteiger partial charge in [0.25, 0.3) is 0 Å². The third-order valence-electron chi connectivity index (χ3n) is 4.69. The molecule has 0 radical (unpaired) electrons. The lowest BCUT2D eigenvalue weighted by Crippen LogP contribution is -2.38. The van der Waals surface area contributed by atoms with Crippen molar-refractivity contribution in [3.8, 4) is 11.3 Å². The molecule has 1 aromatic heterocycles. The van der Waals surface area contributed by atoms with Gasteiger partial charge in [-0.2, -0.15) is 0 Å². The molecule has 1 saturated heterocycles. The van der Waals surface area contributed by atoms with Crippen LogP contribution in [0.4, 0.5) is 0 Å². The average Bonchev–Trinajstić information content (AvgIpc) is 2.63. The van der Waals surface area contributed by atoms with Crippen molar-refractivity contribution in [3.63, 3.8) is 0 Å². The number of likely N-dealkylation sites (tertiary alicyclic amines) is 1. The summed E-state index contributed by atoms with van der Waals surface area (Å²) in [6.45, 7) is 2.85. The van der Waals surface area contributed by atoms with E-state index in [2.05, 4.69) is 4.98 Å². The molecule has 0 aliphatic carbocycles. The molecule has 1 aliphatic heterocycles. The summed E-state index contributed by atoms with van der Waals surface area (Å²) in [7, 11) is -3.32. The molecule has 0 bridgehead atoms. The molecule has 2 heterocycles.